The Morgan fingerprint density at radius 3 is 2.59 bits per heavy atom. The number of hydrogen-bond acceptors (Lipinski definition) is 5. The van der Waals surface area contributed by atoms with Crippen LogP contribution in [0.25, 0.3) is 0 Å². The Hall–Kier alpha value is -1.80. The first-order valence-electron chi connectivity index (χ1n) is 7.06. The summed E-state index contributed by atoms with van der Waals surface area (Å²) in [6.07, 6.45) is -0.216. The van der Waals surface area contributed by atoms with Gasteiger partial charge >= 0.3 is 6.09 Å². The van der Waals surface area contributed by atoms with Gasteiger partial charge in [0.25, 0.3) is 0 Å². The number of benzene rings is 1. The molecule has 1 aliphatic heterocycles. The molecule has 7 nitrogen and oxygen atoms in total. The number of ether oxygens (including phenoxy) is 2. The Bertz CT molecular complexity index is 615. The largest absolute Gasteiger partial charge is 0.494 e. The van der Waals surface area contributed by atoms with E-state index in [0.29, 0.717) is 25.3 Å². The van der Waals surface area contributed by atoms with Crippen molar-refractivity contribution < 1.29 is 22.7 Å². The van der Waals surface area contributed by atoms with Crippen LogP contribution in [0, 0.1) is 0 Å². The second kappa shape index (κ2) is 6.97. The minimum absolute atomic E-state index is 0.177. The van der Waals surface area contributed by atoms with Crippen LogP contribution < -0.4 is 9.46 Å². The summed E-state index contributed by atoms with van der Waals surface area (Å²) in [4.78, 5) is 12.8. The van der Waals surface area contributed by atoms with Crippen LogP contribution >= 0.6 is 0 Å². The van der Waals surface area contributed by atoms with Crippen molar-refractivity contribution in [1.29, 1.82) is 0 Å². The van der Waals surface area contributed by atoms with Gasteiger partial charge in [-0.15, -0.1) is 0 Å². The van der Waals surface area contributed by atoms with E-state index in [4.69, 9.17) is 9.47 Å². The van der Waals surface area contributed by atoms with Crippen molar-refractivity contribution in [2.75, 3.05) is 26.7 Å². The number of amides is 1. The highest BCUT2D eigenvalue weighted by Gasteiger charge is 2.28. The third kappa shape index (κ3) is 4.11. The number of cyclic esters (lactones) is 1. The maximum atomic E-state index is 12.1. The molecule has 1 aromatic carbocycles. The maximum Gasteiger partial charge on any atom is 0.409 e. The topological polar surface area (TPSA) is 84.9 Å². The molecule has 0 spiro atoms. The van der Waals surface area contributed by atoms with Crippen molar-refractivity contribution in [2.24, 2.45) is 0 Å². The van der Waals surface area contributed by atoms with E-state index >= 15 is 0 Å². The Morgan fingerprint density at radius 2 is 2.05 bits per heavy atom. The minimum atomic E-state index is -3.57. The fourth-order valence-electron chi connectivity index (χ4n) is 2.12. The normalized spacial score (nSPS) is 18.4. The quantitative estimate of drug-likeness (QED) is 0.813. The average molecular weight is 328 g/mol. The minimum Gasteiger partial charge on any atom is -0.494 e. The predicted octanol–water partition coefficient (Wildman–Crippen LogP) is 1.20. The van der Waals surface area contributed by atoms with Crippen molar-refractivity contribution in [3.8, 4) is 5.75 Å². The predicted molar refractivity (Wildman–Crippen MR) is 80.3 cm³/mol. The van der Waals surface area contributed by atoms with E-state index < -0.39 is 10.0 Å². The monoisotopic (exact) mass is 328 g/mol. The van der Waals surface area contributed by atoms with Crippen molar-refractivity contribution >= 4 is 16.1 Å². The standard InChI is InChI=1S/C14H20N2O5S/c1-3-20-11-4-6-13(7-5-11)22(18,19)15-9-8-12-10-16(2)14(17)21-12/h4-7,12,15H,3,8-10H2,1-2H3. The van der Waals surface area contributed by atoms with Crippen molar-refractivity contribution in [3.63, 3.8) is 0 Å². The van der Waals surface area contributed by atoms with Gasteiger partial charge in [0, 0.05) is 13.6 Å². The van der Waals surface area contributed by atoms with E-state index in [1.807, 2.05) is 6.92 Å². The number of carbonyl (C=O) groups excluding carboxylic acids is 1. The molecule has 122 valence electrons. The summed E-state index contributed by atoms with van der Waals surface area (Å²) in [7, 11) is -1.93. The summed E-state index contributed by atoms with van der Waals surface area (Å²) in [5.74, 6) is 0.627. The first kappa shape index (κ1) is 16.6. The lowest BCUT2D eigenvalue weighted by Crippen LogP contribution is -2.28. The highest BCUT2D eigenvalue weighted by atomic mass is 32.2. The molecule has 0 bridgehead atoms. The van der Waals surface area contributed by atoms with Gasteiger partial charge < -0.3 is 14.4 Å². The second-order valence-corrected chi connectivity index (χ2v) is 6.74. The van der Waals surface area contributed by atoms with Gasteiger partial charge in [-0.25, -0.2) is 17.9 Å². The van der Waals surface area contributed by atoms with E-state index in [9.17, 15) is 13.2 Å². The summed E-state index contributed by atoms with van der Waals surface area (Å²) >= 11 is 0. The molecule has 0 aliphatic carbocycles. The Kier molecular flexibility index (Phi) is 5.25. The van der Waals surface area contributed by atoms with E-state index in [-0.39, 0.29) is 23.6 Å². The third-order valence-electron chi connectivity index (χ3n) is 3.26. The van der Waals surface area contributed by atoms with Crippen LogP contribution in [0.15, 0.2) is 29.2 Å². The lowest BCUT2D eigenvalue weighted by Gasteiger charge is -2.10. The van der Waals surface area contributed by atoms with Gasteiger partial charge in [-0.2, -0.15) is 0 Å². The first-order valence-corrected chi connectivity index (χ1v) is 8.55. The molecule has 1 fully saturated rings. The summed E-state index contributed by atoms with van der Waals surface area (Å²) in [6.45, 7) is 3.07. The number of hydrogen-bond donors (Lipinski definition) is 1. The number of nitrogens with zero attached hydrogens (tertiary/aromatic N) is 1. The molecule has 1 saturated heterocycles. The molecular weight excluding hydrogens is 308 g/mol. The summed E-state index contributed by atoms with van der Waals surface area (Å²) in [5.41, 5.74) is 0. The van der Waals surface area contributed by atoms with Crippen LogP contribution in [0.3, 0.4) is 0 Å². The molecule has 0 aromatic heterocycles. The summed E-state index contributed by atoms with van der Waals surface area (Å²) in [5, 5.41) is 0. The number of likely N-dealkylation sites (N-methyl/N-ethyl adjacent to an activating group) is 1. The van der Waals surface area contributed by atoms with Gasteiger partial charge in [0.15, 0.2) is 0 Å². The highest BCUT2D eigenvalue weighted by Crippen LogP contribution is 2.16. The lowest BCUT2D eigenvalue weighted by atomic mass is 10.2. The molecule has 1 unspecified atom stereocenters. The molecule has 1 amide bonds. The average Bonchev–Trinajstić information content (AvgIpc) is 2.78. The maximum absolute atomic E-state index is 12.1. The zero-order valence-electron chi connectivity index (χ0n) is 12.6. The van der Waals surface area contributed by atoms with E-state index in [1.165, 1.54) is 17.0 Å². The van der Waals surface area contributed by atoms with Crippen molar-refractivity contribution in [1.82, 2.24) is 9.62 Å². The van der Waals surface area contributed by atoms with Crippen LogP contribution in [-0.4, -0.2) is 52.3 Å². The van der Waals surface area contributed by atoms with Crippen LogP contribution in [0.2, 0.25) is 0 Å². The second-order valence-electron chi connectivity index (χ2n) is 4.98. The fraction of sp³-hybridized carbons (Fsp3) is 0.500. The lowest BCUT2D eigenvalue weighted by molar-refractivity contribution is 0.131. The van der Waals surface area contributed by atoms with E-state index in [0.717, 1.165) is 0 Å². The molecule has 8 heteroatoms. The molecule has 1 aromatic rings. The van der Waals surface area contributed by atoms with E-state index in [1.54, 1.807) is 19.2 Å². The van der Waals surface area contributed by atoms with Crippen LogP contribution in [0.4, 0.5) is 4.79 Å². The zero-order chi connectivity index (χ0) is 16.2. The number of sulfonamides is 1. The van der Waals surface area contributed by atoms with E-state index in [2.05, 4.69) is 4.72 Å². The summed E-state index contributed by atoms with van der Waals surface area (Å²) < 4.78 is 37.1. The summed E-state index contributed by atoms with van der Waals surface area (Å²) in [6, 6.07) is 6.23. The molecule has 0 saturated carbocycles. The fourth-order valence-corrected chi connectivity index (χ4v) is 3.17. The molecule has 1 N–H and O–H groups in total. The van der Waals surface area contributed by atoms with Gasteiger partial charge in [-0.05, 0) is 37.6 Å². The van der Waals surface area contributed by atoms with Crippen LogP contribution in [0.1, 0.15) is 13.3 Å². The number of carbonyl (C=O) groups is 1. The molecule has 1 atom stereocenters. The van der Waals surface area contributed by atoms with Gasteiger partial charge in [-0.3, -0.25) is 0 Å². The van der Waals surface area contributed by atoms with Crippen molar-refractivity contribution in [2.45, 2.75) is 24.3 Å². The zero-order valence-corrected chi connectivity index (χ0v) is 13.4. The molecule has 1 aliphatic rings. The molecular formula is C14H20N2O5S. The van der Waals surface area contributed by atoms with Gasteiger partial charge in [0.2, 0.25) is 10.0 Å². The molecule has 1 heterocycles. The Balaban J connectivity index is 1.87. The van der Waals surface area contributed by atoms with Gasteiger partial charge in [-0.1, -0.05) is 0 Å². The van der Waals surface area contributed by atoms with Crippen molar-refractivity contribution in [3.05, 3.63) is 24.3 Å². The molecule has 2 rings (SSSR count). The first-order chi connectivity index (χ1) is 10.4. The Labute approximate surface area is 130 Å². The highest BCUT2D eigenvalue weighted by molar-refractivity contribution is 7.89. The number of rotatable bonds is 7. The number of nitrogens with one attached hydrogen (secondary N) is 1. The van der Waals surface area contributed by atoms with Crippen LogP contribution in [-0.2, 0) is 14.8 Å². The molecule has 22 heavy (non-hydrogen) atoms. The molecule has 0 radical (unpaired) electrons. The Morgan fingerprint density at radius 1 is 1.36 bits per heavy atom. The van der Waals surface area contributed by atoms with Gasteiger partial charge in [0.05, 0.1) is 18.0 Å². The van der Waals surface area contributed by atoms with Gasteiger partial charge in [0.1, 0.15) is 11.9 Å². The smallest absolute Gasteiger partial charge is 0.409 e. The van der Waals surface area contributed by atoms with Crippen LogP contribution in [0.5, 0.6) is 5.75 Å². The SMILES string of the molecule is CCOc1ccc(S(=O)(=O)NCCC2CN(C)C(=O)O2)cc1. The third-order valence-corrected chi connectivity index (χ3v) is 4.74.